The zero-order valence-corrected chi connectivity index (χ0v) is 12.0. The number of aryl methyl sites for hydroxylation is 1. The highest BCUT2D eigenvalue weighted by molar-refractivity contribution is 5.78. The van der Waals surface area contributed by atoms with Gasteiger partial charge in [0.25, 0.3) is 0 Å². The van der Waals surface area contributed by atoms with Gasteiger partial charge in [0.1, 0.15) is 6.33 Å². The molecule has 20 heavy (non-hydrogen) atoms. The number of carbonyl (C=O) groups excluding carboxylic acids is 1. The summed E-state index contributed by atoms with van der Waals surface area (Å²) < 4.78 is 1.54. The fourth-order valence-electron chi connectivity index (χ4n) is 1.81. The van der Waals surface area contributed by atoms with Crippen molar-refractivity contribution in [3.05, 3.63) is 12.2 Å². The van der Waals surface area contributed by atoms with Crippen LogP contribution in [0.4, 0.5) is 4.79 Å². The van der Waals surface area contributed by atoms with E-state index in [0.717, 1.165) is 0 Å². The third kappa shape index (κ3) is 3.94. The first-order chi connectivity index (χ1) is 9.43. The van der Waals surface area contributed by atoms with Crippen molar-refractivity contribution >= 4 is 12.0 Å². The van der Waals surface area contributed by atoms with Gasteiger partial charge in [-0.3, -0.25) is 9.48 Å². The molecule has 1 aromatic rings. The molecule has 0 aliphatic heterocycles. The second-order valence-electron chi connectivity index (χ2n) is 4.66. The first kappa shape index (κ1) is 15.9. The van der Waals surface area contributed by atoms with Crippen LogP contribution in [-0.4, -0.2) is 38.4 Å². The number of urea groups is 1. The molecule has 0 aromatic carbocycles. The Bertz CT molecular complexity index is 467. The van der Waals surface area contributed by atoms with Gasteiger partial charge in [0.05, 0.1) is 12.0 Å². The van der Waals surface area contributed by atoms with Crippen molar-refractivity contribution in [1.82, 2.24) is 25.4 Å². The molecule has 3 N–H and O–H groups in total. The van der Waals surface area contributed by atoms with Crippen LogP contribution in [0.1, 0.15) is 32.5 Å². The number of carboxylic acid groups (broad SMARTS) is 1. The highest BCUT2D eigenvalue weighted by atomic mass is 16.4. The molecule has 0 saturated carbocycles. The minimum atomic E-state index is -0.916. The Morgan fingerprint density at radius 1 is 1.35 bits per heavy atom. The maximum absolute atomic E-state index is 11.6. The number of nitrogens with zero attached hydrogens (tertiary/aromatic N) is 3. The Hall–Kier alpha value is -2.12. The number of nitrogens with one attached hydrogen (secondary N) is 2. The van der Waals surface area contributed by atoms with Gasteiger partial charge in [0.2, 0.25) is 0 Å². The molecular weight excluding hydrogens is 262 g/mol. The molecule has 0 aliphatic carbocycles. The lowest BCUT2D eigenvalue weighted by Crippen LogP contribution is -2.45. The lowest BCUT2D eigenvalue weighted by molar-refractivity contribution is -0.149. The van der Waals surface area contributed by atoms with Crippen LogP contribution >= 0.6 is 0 Å². The first-order valence-electron chi connectivity index (χ1n) is 6.53. The van der Waals surface area contributed by atoms with Crippen LogP contribution in [0.5, 0.6) is 0 Å². The van der Waals surface area contributed by atoms with Crippen LogP contribution in [0.25, 0.3) is 0 Å². The summed E-state index contributed by atoms with van der Waals surface area (Å²) in [5.74, 6) is -0.396. The molecule has 0 atom stereocenters. The first-order valence-corrected chi connectivity index (χ1v) is 6.53. The van der Waals surface area contributed by atoms with Crippen molar-refractivity contribution in [2.24, 2.45) is 12.5 Å². The predicted octanol–water partition coefficient (Wildman–Crippen LogP) is 0.505. The number of aromatic nitrogens is 3. The average molecular weight is 283 g/mol. The van der Waals surface area contributed by atoms with Gasteiger partial charge in [-0.15, -0.1) is 0 Å². The van der Waals surface area contributed by atoms with Crippen molar-refractivity contribution in [2.45, 2.75) is 33.2 Å². The zero-order valence-electron chi connectivity index (χ0n) is 12.0. The molecule has 1 rings (SSSR count). The maximum atomic E-state index is 11.6. The van der Waals surface area contributed by atoms with E-state index in [2.05, 4.69) is 20.7 Å². The van der Waals surface area contributed by atoms with E-state index >= 15 is 0 Å². The fraction of sp³-hybridized carbons (Fsp3) is 0.667. The molecule has 1 aromatic heterocycles. The molecule has 0 fully saturated rings. The lowest BCUT2D eigenvalue weighted by atomic mass is 9.82. The highest BCUT2D eigenvalue weighted by Crippen LogP contribution is 2.25. The lowest BCUT2D eigenvalue weighted by Gasteiger charge is -2.26. The monoisotopic (exact) mass is 283 g/mol. The van der Waals surface area contributed by atoms with Gasteiger partial charge in [-0.2, -0.15) is 5.10 Å². The number of carboxylic acids is 1. The molecule has 8 nitrogen and oxygen atoms in total. The van der Waals surface area contributed by atoms with E-state index in [1.54, 1.807) is 31.9 Å². The van der Waals surface area contributed by atoms with Gasteiger partial charge in [-0.05, 0) is 12.8 Å². The molecule has 0 aliphatic rings. The van der Waals surface area contributed by atoms with Gasteiger partial charge in [-0.1, -0.05) is 13.8 Å². The Morgan fingerprint density at radius 3 is 2.45 bits per heavy atom. The molecule has 0 spiro atoms. The van der Waals surface area contributed by atoms with E-state index in [1.165, 1.54) is 0 Å². The number of aliphatic carboxylic acids is 1. The van der Waals surface area contributed by atoms with E-state index in [0.29, 0.717) is 18.7 Å². The topological polar surface area (TPSA) is 109 Å². The summed E-state index contributed by atoms with van der Waals surface area (Å²) in [5, 5.41) is 18.5. The molecule has 0 bridgehead atoms. The smallest absolute Gasteiger partial charge is 0.315 e. The molecule has 0 unspecified atom stereocenters. The number of carbonyl (C=O) groups is 2. The quantitative estimate of drug-likeness (QED) is 0.675. The molecule has 1 heterocycles. The fourth-order valence-corrected chi connectivity index (χ4v) is 1.81. The van der Waals surface area contributed by atoms with E-state index in [1.807, 2.05) is 0 Å². The minimum absolute atomic E-state index is 0.0941. The summed E-state index contributed by atoms with van der Waals surface area (Å²) in [7, 11) is 1.74. The molecule has 0 saturated heterocycles. The van der Waals surface area contributed by atoms with Crippen LogP contribution in [0.3, 0.4) is 0 Å². The molecule has 8 heteroatoms. The third-order valence-corrected chi connectivity index (χ3v) is 3.45. The van der Waals surface area contributed by atoms with Gasteiger partial charge in [0, 0.05) is 13.6 Å². The number of hydrogen-bond donors (Lipinski definition) is 3. The van der Waals surface area contributed by atoms with Crippen LogP contribution in [0.2, 0.25) is 0 Å². The number of hydrogen-bond acceptors (Lipinski definition) is 4. The van der Waals surface area contributed by atoms with Crippen molar-refractivity contribution in [2.75, 3.05) is 6.54 Å². The Morgan fingerprint density at radius 2 is 2.00 bits per heavy atom. The standard InChI is InChI=1S/C12H21N5O3/c1-4-12(5-2,10(18)19)7-14-11(20)13-6-9-15-8-17(3)16-9/h8H,4-7H2,1-3H3,(H,18,19)(H2,13,14,20). The van der Waals surface area contributed by atoms with Crippen LogP contribution in [-0.2, 0) is 18.4 Å². The normalized spacial score (nSPS) is 11.2. The SMILES string of the molecule is CCC(CC)(CNC(=O)NCc1ncn(C)n1)C(=O)O. The Labute approximate surface area is 117 Å². The second kappa shape index (κ2) is 6.88. The van der Waals surface area contributed by atoms with Crippen molar-refractivity contribution < 1.29 is 14.7 Å². The molecular formula is C12H21N5O3. The second-order valence-corrected chi connectivity index (χ2v) is 4.66. The molecule has 2 amide bonds. The highest BCUT2D eigenvalue weighted by Gasteiger charge is 2.35. The summed E-state index contributed by atoms with van der Waals surface area (Å²) in [6.45, 7) is 3.89. The Balaban J connectivity index is 2.44. The third-order valence-electron chi connectivity index (χ3n) is 3.45. The van der Waals surface area contributed by atoms with E-state index in [4.69, 9.17) is 0 Å². The van der Waals surface area contributed by atoms with Crippen LogP contribution in [0, 0.1) is 5.41 Å². The summed E-state index contributed by atoms with van der Waals surface area (Å²) in [5.41, 5.74) is -0.916. The van der Waals surface area contributed by atoms with Gasteiger partial charge in [-0.25, -0.2) is 9.78 Å². The zero-order chi connectivity index (χ0) is 15.2. The molecule has 0 radical (unpaired) electrons. The summed E-state index contributed by atoms with van der Waals surface area (Å²) in [6, 6.07) is -0.426. The van der Waals surface area contributed by atoms with E-state index in [9.17, 15) is 14.7 Å². The van der Waals surface area contributed by atoms with Crippen LogP contribution < -0.4 is 10.6 Å². The Kier molecular flexibility index (Phi) is 5.48. The summed E-state index contributed by atoms with van der Waals surface area (Å²) >= 11 is 0. The van der Waals surface area contributed by atoms with Crippen LogP contribution in [0.15, 0.2) is 6.33 Å². The molecule has 112 valence electrons. The van der Waals surface area contributed by atoms with Crippen molar-refractivity contribution in [1.29, 1.82) is 0 Å². The van der Waals surface area contributed by atoms with Crippen molar-refractivity contribution in [3.8, 4) is 0 Å². The van der Waals surface area contributed by atoms with Gasteiger partial charge in [0.15, 0.2) is 5.82 Å². The van der Waals surface area contributed by atoms with Gasteiger partial charge < -0.3 is 15.7 Å². The summed E-state index contributed by atoms with van der Waals surface area (Å²) in [4.78, 5) is 26.9. The number of amides is 2. The maximum Gasteiger partial charge on any atom is 0.315 e. The van der Waals surface area contributed by atoms with E-state index in [-0.39, 0.29) is 13.1 Å². The summed E-state index contributed by atoms with van der Waals surface area (Å²) in [6.07, 6.45) is 2.46. The minimum Gasteiger partial charge on any atom is -0.481 e. The van der Waals surface area contributed by atoms with E-state index < -0.39 is 17.4 Å². The van der Waals surface area contributed by atoms with Gasteiger partial charge >= 0.3 is 12.0 Å². The predicted molar refractivity (Wildman–Crippen MR) is 71.9 cm³/mol. The average Bonchev–Trinajstić information content (AvgIpc) is 2.83. The van der Waals surface area contributed by atoms with Crippen molar-refractivity contribution in [3.63, 3.8) is 0 Å². The largest absolute Gasteiger partial charge is 0.481 e. The number of rotatable bonds is 7.